The lowest BCUT2D eigenvalue weighted by Gasteiger charge is -2.13. The zero-order valence-electron chi connectivity index (χ0n) is 13.1. The number of aliphatic carboxylic acids is 1. The Bertz CT molecular complexity index is 538. The minimum atomic E-state index is -0.887. The number of carboxylic acids is 1. The highest BCUT2D eigenvalue weighted by atomic mass is 16.4. The van der Waals surface area contributed by atoms with Crippen LogP contribution in [0.2, 0.25) is 0 Å². The minimum Gasteiger partial charge on any atom is -0.481 e. The van der Waals surface area contributed by atoms with Gasteiger partial charge in [0, 0.05) is 29.6 Å². The van der Waals surface area contributed by atoms with Crippen LogP contribution in [0.1, 0.15) is 54.3 Å². The number of hydrogen-bond donors (Lipinski definition) is 3. The van der Waals surface area contributed by atoms with Gasteiger partial charge < -0.3 is 15.7 Å². The molecule has 0 aliphatic heterocycles. The molecule has 0 saturated heterocycles. The highest BCUT2D eigenvalue weighted by molar-refractivity contribution is 5.98. The second-order valence-electron chi connectivity index (χ2n) is 5.51. The lowest BCUT2D eigenvalue weighted by Crippen LogP contribution is -2.33. The van der Waals surface area contributed by atoms with Gasteiger partial charge in [-0.3, -0.25) is 14.4 Å². The Morgan fingerprint density at radius 1 is 0.955 bits per heavy atom. The van der Waals surface area contributed by atoms with Gasteiger partial charge in [0.05, 0.1) is 0 Å². The maximum absolute atomic E-state index is 12.0. The molecule has 0 aliphatic rings. The predicted molar refractivity (Wildman–Crippen MR) is 82.8 cm³/mol. The molecule has 0 heterocycles. The van der Waals surface area contributed by atoms with Gasteiger partial charge in [0.2, 0.25) is 0 Å². The molecular weight excluding hydrogens is 284 g/mol. The Hall–Kier alpha value is -2.37. The first-order valence-electron chi connectivity index (χ1n) is 7.23. The van der Waals surface area contributed by atoms with Crippen molar-refractivity contribution in [3.8, 4) is 0 Å². The highest BCUT2D eigenvalue weighted by Crippen LogP contribution is 2.06. The van der Waals surface area contributed by atoms with Gasteiger partial charge >= 0.3 is 5.97 Å². The van der Waals surface area contributed by atoms with Crippen molar-refractivity contribution in [2.75, 3.05) is 0 Å². The van der Waals surface area contributed by atoms with Crippen LogP contribution in [0.4, 0.5) is 0 Å². The van der Waals surface area contributed by atoms with Crippen LogP contribution in [0.15, 0.2) is 24.3 Å². The predicted octanol–water partition coefficient (Wildman–Crippen LogP) is 1.81. The molecule has 0 spiro atoms. The van der Waals surface area contributed by atoms with Gasteiger partial charge in [-0.25, -0.2) is 0 Å². The molecule has 6 nitrogen and oxygen atoms in total. The van der Waals surface area contributed by atoms with E-state index in [1.807, 2.05) is 13.8 Å². The van der Waals surface area contributed by atoms with Gasteiger partial charge in [0.15, 0.2) is 0 Å². The van der Waals surface area contributed by atoms with E-state index in [2.05, 4.69) is 10.6 Å². The summed E-state index contributed by atoms with van der Waals surface area (Å²) >= 11 is 0. The Labute approximate surface area is 129 Å². The van der Waals surface area contributed by atoms with Crippen molar-refractivity contribution in [2.24, 2.45) is 0 Å². The van der Waals surface area contributed by atoms with Crippen LogP contribution < -0.4 is 10.6 Å². The molecule has 0 fully saturated rings. The third-order valence-corrected chi connectivity index (χ3v) is 3.00. The quantitative estimate of drug-likeness (QED) is 0.716. The van der Waals surface area contributed by atoms with Crippen LogP contribution in [0.25, 0.3) is 0 Å². The number of hydrogen-bond acceptors (Lipinski definition) is 3. The number of carboxylic acid groups (broad SMARTS) is 1. The second kappa shape index (κ2) is 8.17. The van der Waals surface area contributed by atoms with Crippen LogP contribution in [0.3, 0.4) is 0 Å². The molecule has 22 heavy (non-hydrogen) atoms. The van der Waals surface area contributed by atoms with Crippen LogP contribution in [-0.4, -0.2) is 35.0 Å². The molecule has 2 amide bonds. The number of nitrogens with one attached hydrogen (secondary N) is 2. The summed E-state index contributed by atoms with van der Waals surface area (Å²) in [5.74, 6) is -1.35. The molecule has 120 valence electrons. The molecule has 3 N–H and O–H groups in total. The van der Waals surface area contributed by atoms with Crippen LogP contribution in [0.5, 0.6) is 0 Å². The summed E-state index contributed by atoms with van der Waals surface area (Å²) < 4.78 is 0. The first kappa shape index (κ1) is 17.7. The fourth-order valence-electron chi connectivity index (χ4n) is 1.84. The number of rotatable bonds is 7. The Morgan fingerprint density at radius 3 is 1.82 bits per heavy atom. The molecule has 1 rings (SSSR count). The Kier molecular flexibility index (Phi) is 6.56. The molecule has 6 heteroatoms. The first-order chi connectivity index (χ1) is 10.3. The van der Waals surface area contributed by atoms with Gasteiger partial charge in [-0.2, -0.15) is 0 Å². The standard InChI is InChI=1S/C16H22N2O4/c1-10(2)17-15(21)12-5-7-13(8-6-12)16(22)18-11(3)4-9-14(19)20/h5-8,10-11H,4,9H2,1-3H3,(H,17,21)(H,18,22)(H,19,20). The van der Waals surface area contributed by atoms with Gasteiger partial charge in [0.25, 0.3) is 11.8 Å². The molecule has 0 aliphatic carbocycles. The summed E-state index contributed by atoms with van der Waals surface area (Å²) in [6.45, 7) is 5.50. The Morgan fingerprint density at radius 2 is 1.41 bits per heavy atom. The van der Waals surface area contributed by atoms with Gasteiger partial charge in [-0.15, -0.1) is 0 Å². The van der Waals surface area contributed by atoms with Crippen molar-refractivity contribution in [3.05, 3.63) is 35.4 Å². The van der Waals surface area contributed by atoms with Gasteiger partial charge in [0.1, 0.15) is 0 Å². The smallest absolute Gasteiger partial charge is 0.303 e. The first-order valence-corrected chi connectivity index (χ1v) is 7.23. The van der Waals surface area contributed by atoms with Crippen molar-refractivity contribution in [2.45, 2.75) is 45.7 Å². The third-order valence-electron chi connectivity index (χ3n) is 3.00. The number of carbonyl (C=O) groups is 3. The van der Waals surface area contributed by atoms with Crippen molar-refractivity contribution in [1.29, 1.82) is 0 Å². The Balaban J connectivity index is 2.60. The highest BCUT2D eigenvalue weighted by Gasteiger charge is 2.12. The van der Waals surface area contributed by atoms with Gasteiger partial charge in [-0.05, 0) is 51.5 Å². The molecule has 1 aromatic carbocycles. The van der Waals surface area contributed by atoms with Crippen LogP contribution in [0, 0.1) is 0 Å². The number of carbonyl (C=O) groups excluding carboxylic acids is 2. The van der Waals surface area contributed by atoms with E-state index < -0.39 is 5.97 Å². The van der Waals surface area contributed by atoms with Crippen LogP contribution in [-0.2, 0) is 4.79 Å². The topological polar surface area (TPSA) is 95.5 Å². The fourth-order valence-corrected chi connectivity index (χ4v) is 1.84. The maximum atomic E-state index is 12.0. The van der Waals surface area contributed by atoms with E-state index in [1.165, 1.54) is 0 Å². The zero-order valence-corrected chi connectivity index (χ0v) is 13.1. The molecule has 0 aromatic heterocycles. The molecule has 1 unspecified atom stereocenters. The van der Waals surface area contributed by atoms with E-state index in [0.29, 0.717) is 17.5 Å². The SMILES string of the molecule is CC(C)NC(=O)c1ccc(C(=O)NC(C)CCC(=O)O)cc1. The molecule has 0 bridgehead atoms. The van der Waals surface area contributed by atoms with E-state index >= 15 is 0 Å². The normalized spacial score (nSPS) is 11.8. The van der Waals surface area contributed by atoms with E-state index in [4.69, 9.17) is 5.11 Å². The third kappa shape index (κ3) is 5.95. The fraction of sp³-hybridized carbons (Fsp3) is 0.438. The van der Waals surface area contributed by atoms with Crippen molar-refractivity contribution in [3.63, 3.8) is 0 Å². The summed E-state index contributed by atoms with van der Waals surface area (Å²) in [6, 6.07) is 6.16. The summed E-state index contributed by atoms with van der Waals surface area (Å²) in [4.78, 5) is 34.3. The largest absolute Gasteiger partial charge is 0.481 e. The van der Waals surface area contributed by atoms with Crippen molar-refractivity contribution in [1.82, 2.24) is 10.6 Å². The monoisotopic (exact) mass is 306 g/mol. The molecule has 1 aromatic rings. The number of amides is 2. The lowest BCUT2D eigenvalue weighted by molar-refractivity contribution is -0.137. The van der Waals surface area contributed by atoms with Gasteiger partial charge in [-0.1, -0.05) is 0 Å². The molecular formula is C16H22N2O4. The van der Waals surface area contributed by atoms with Crippen LogP contribution >= 0.6 is 0 Å². The summed E-state index contributed by atoms with van der Waals surface area (Å²) in [6.07, 6.45) is 0.381. The average molecular weight is 306 g/mol. The van der Waals surface area contributed by atoms with E-state index in [9.17, 15) is 14.4 Å². The minimum absolute atomic E-state index is 0.00968. The van der Waals surface area contributed by atoms with E-state index in [0.717, 1.165) is 0 Å². The average Bonchev–Trinajstić information content (AvgIpc) is 2.44. The molecule has 0 saturated carbocycles. The van der Waals surface area contributed by atoms with E-state index in [-0.39, 0.29) is 30.3 Å². The van der Waals surface area contributed by atoms with Crippen molar-refractivity contribution >= 4 is 17.8 Å². The van der Waals surface area contributed by atoms with E-state index in [1.54, 1.807) is 31.2 Å². The molecule has 0 radical (unpaired) electrons. The molecule has 1 atom stereocenters. The van der Waals surface area contributed by atoms with Crippen molar-refractivity contribution < 1.29 is 19.5 Å². The lowest BCUT2D eigenvalue weighted by atomic mass is 10.1. The summed E-state index contributed by atoms with van der Waals surface area (Å²) in [5.41, 5.74) is 0.924. The summed E-state index contributed by atoms with van der Waals surface area (Å²) in [7, 11) is 0. The number of benzene rings is 1. The summed E-state index contributed by atoms with van der Waals surface area (Å²) in [5, 5.41) is 14.1. The maximum Gasteiger partial charge on any atom is 0.303 e. The second-order valence-corrected chi connectivity index (χ2v) is 5.51. The zero-order chi connectivity index (χ0) is 16.7.